The number of ether oxygens (including phenoxy) is 2. The molecule has 12 heteroatoms. The van der Waals surface area contributed by atoms with Crippen molar-refractivity contribution in [2.45, 2.75) is 132 Å². The number of amides is 1. The number of rotatable bonds is 12. The minimum atomic E-state index is -0.536. The number of fused-ring (bicyclic) bond motifs is 1. The molecule has 0 spiro atoms. The molecule has 2 saturated heterocycles. The van der Waals surface area contributed by atoms with Gasteiger partial charge in [-0.2, -0.15) is 10.2 Å². The maximum atomic E-state index is 13.2. The molecule has 0 bridgehead atoms. The summed E-state index contributed by atoms with van der Waals surface area (Å²) in [4.78, 5) is 22.9. The summed E-state index contributed by atoms with van der Waals surface area (Å²) in [6, 6.07) is 11.1. The SMILES string of the molecule is CC.CC.CC(C)C1CCN(Cc2nc3ccc(C(N)=O)cc3n2CC2CCO2)CC1OF.CCCOC(C)(C)CC.N#Cc1ccc(CO)c(F)c1. The highest BCUT2D eigenvalue weighted by Crippen LogP contribution is 2.29. The van der Waals surface area contributed by atoms with E-state index in [0.717, 1.165) is 68.4 Å². The number of nitrogens with two attached hydrogens (primary N) is 1. The molecule has 3 atom stereocenters. The van der Waals surface area contributed by atoms with E-state index in [0.29, 0.717) is 31.1 Å². The summed E-state index contributed by atoms with van der Waals surface area (Å²) in [6.45, 7) is 24.8. The Morgan fingerprint density at radius 1 is 1.15 bits per heavy atom. The van der Waals surface area contributed by atoms with Crippen LogP contribution in [-0.4, -0.2) is 69.6 Å². The Kier molecular flexibility index (Phi) is 22.2. The van der Waals surface area contributed by atoms with E-state index < -0.39 is 17.8 Å². The van der Waals surface area contributed by atoms with Gasteiger partial charge in [0.05, 0.1) is 54.1 Å². The molecule has 0 radical (unpaired) electrons. The summed E-state index contributed by atoms with van der Waals surface area (Å²) in [5.41, 5.74) is 8.19. The molecular weight excluding hydrogens is 680 g/mol. The van der Waals surface area contributed by atoms with Crippen molar-refractivity contribution < 1.29 is 33.2 Å². The van der Waals surface area contributed by atoms with Crippen LogP contribution in [0.25, 0.3) is 11.0 Å². The summed E-state index contributed by atoms with van der Waals surface area (Å²) >= 11 is 0. The molecule has 1 amide bonds. The van der Waals surface area contributed by atoms with Gasteiger partial charge in [0.15, 0.2) is 0 Å². The zero-order chi connectivity index (χ0) is 40.1. The monoisotopic (exact) mass is 745 g/mol. The van der Waals surface area contributed by atoms with E-state index >= 15 is 0 Å². The molecule has 53 heavy (non-hydrogen) atoms. The normalized spacial score (nSPS) is 18.1. The molecule has 3 unspecified atom stereocenters. The second-order valence-corrected chi connectivity index (χ2v) is 13.6. The molecule has 1 aromatic heterocycles. The number of likely N-dealkylation sites (tertiary alicyclic amines) is 1. The number of aliphatic hydroxyl groups excluding tert-OH is 1. The first-order valence-electron chi connectivity index (χ1n) is 19.2. The zero-order valence-electron chi connectivity index (χ0n) is 33.8. The van der Waals surface area contributed by atoms with Crippen LogP contribution < -0.4 is 5.73 Å². The number of benzene rings is 2. The molecule has 0 aliphatic carbocycles. The van der Waals surface area contributed by atoms with Crippen molar-refractivity contribution >= 4 is 16.9 Å². The topological polar surface area (TPSA) is 136 Å². The molecule has 3 N–H and O–H groups in total. The standard InChI is InChI=1S/C21H29FN4O3.C8H6FNO.C8H18O.2C2H6/c1-13(2)16-5-7-25(11-19(16)29-22)12-20-24-17-4-3-14(21(23)27)9-18(17)26(20)10-15-6-8-28-15;9-8-3-6(4-10)1-2-7(8)5-11;1-5-7-9-8(3,4)6-2;2*1-2/h3-4,9,13,15-16,19H,5-8,10-12H2,1-2H3,(H2,23,27);1-3,11H,5H2;5-7H2,1-4H3;2*1-2H3. The highest BCUT2D eigenvalue weighted by molar-refractivity contribution is 5.96. The molecule has 2 fully saturated rings. The number of nitrogens with zero attached hydrogens (tertiary/aromatic N) is 4. The smallest absolute Gasteiger partial charge is 0.248 e. The van der Waals surface area contributed by atoms with Gasteiger partial charge >= 0.3 is 0 Å². The molecule has 2 aromatic carbocycles. The van der Waals surface area contributed by atoms with Gasteiger partial charge in [-0.3, -0.25) is 9.69 Å². The molecule has 10 nitrogen and oxygen atoms in total. The van der Waals surface area contributed by atoms with Crippen LogP contribution in [0.4, 0.5) is 8.92 Å². The Morgan fingerprint density at radius 3 is 2.32 bits per heavy atom. The number of carbonyl (C=O) groups is 1. The van der Waals surface area contributed by atoms with Gasteiger partial charge in [0.1, 0.15) is 17.7 Å². The Bertz CT molecular complexity index is 1540. The number of aliphatic hydroxyl groups is 1. The van der Waals surface area contributed by atoms with Crippen LogP contribution in [0, 0.1) is 29.0 Å². The lowest BCUT2D eigenvalue weighted by atomic mass is 9.84. The lowest BCUT2D eigenvalue weighted by Gasteiger charge is -2.38. The Hall–Kier alpha value is -3.47. The van der Waals surface area contributed by atoms with Crippen LogP contribution in [-0.2, 0) is 34.1 Å². The number of imidazole rings is 1. The average Bonchev–Trinajstić information content (AvgIpc) is 3.49. The van der Waals surface area contributed by atoms with Crippen LogP contribution in [0.15, 0.2) is 36.4 Å². The third kappa shape index (κ3) is 15.1. The number of hydrogen-bond donors (Lipinski definition) is 2. The van der Waals surface area contributed by atoms with E-state index in [1.165, 1.54) is 12.1 Å². The quantitative estimate of drug-likeness (QED) is 0.188. The minimum absolute atomic E-state index is 0.0933. The molecule has 3 heterocycles. The van der Waals surface area contributed by atoms with Crippen LogP contribution in [0.1, 0.15) is 122 Å². The van der Waals surface area contributed by atoms with Gasteiger partial charge in [-0.05, 0) is 92.8 Å². The van der Waals surface area contributed by atoms with E-state index in [2.05, 4.69) is 56.0 Å². The summed E-state index contributed by atoms with van der Waals surface area (Å²) in [7, 11) is 0. The van der Waals surface area contributed by atoms with E-state index in [9.17, 15) is 13.7 Å². The summed E-state index contributed by atoms with van der Waals surface area (Å²) in [5, 5.41) is 16.9. The molecule has 298 valence electrons. The summed E-state index contributed by atoms with van der Waals surface area (Å²) in [5.74, 6) is 0.492. The van der Waals surface area contributed by atoms with Crippen molar-refractivity contribution in [1.82, 2.24) is 14.5 Å². The molecule has 5 rings (SSSR count). The maximum absolute atomic E-state index is 13.2. The Labute approximate surface area is 316 Å². The highest BCUT2D eigenvalue weighted by atomic mass is 19.3. The zero-order valence-corrected chi connectivity index (χ0v) is 33.8. The number of primary amides is 1. The first-order chi connectivity index (χ1) is 25.4. The van der Waals surface area contributed by atoms with Crippen LogP contribution in [0.2, 0.25) is 0 Å². The van der Waals surface area contributed by atoms with Crippen LogP contribution >= 0.6 is 0 Å². The largest absolute Gasteiger partial charge is 0.392 e. The van der Waals surface area contributed by atoms with Crippen molar-refractivity contribution in [3.8, 4) is 6.07 Å². The predicted octanol–water partition coefficient (Wildman–Crippen LogP) is 8.52. The van der Waals surface area contributed by atoms with E-state index in [1.54, 1.807) is 18.2 Å². The van der Waals surface area contributed by atoms with Gasteiger partial charge in [-0.25, -0.2) is 9.37 Å². The fourth-order valence-corrected chi connectivity index (χ4v) is 5.71. The maximum Gasteiger partial charge on any atom is 0.248 e. The number of carbonyl (C=O) groups excluding carboxylic acids is 1. The predicted molar refractivity (Wildman–Crippen MR) is 207 cm³/mol. The number of aromatic nitrogens is 2. The second kappa shape index (κ2) is 24.8. The van der Waals surface area contributed by atoms with Crippen molar-refractivity contribution in [3.63, 3.8) is 0 Å². The van der Waals surface area contributed by atoms with Gasteiger partial charge in [0.2, 0.25) is 5.91 Å². The third-order valence-corrected chi connectivity index (χ3v) is 9.22. The van der Waals surface area contributed by atoms with Gasteiger partial charge in [-0.1, -0.05) is 61.5 Å². The second-order valence-electron chi connectivity index (χ2n) is 13.6. The molecule has 2 aliphatic heterocycles. The third-order valence-electron chi connectivity index (χ3n) is 9.22. The number of halogens is 2. The van der Waals surface area contributed by atoms with Crippen molar-refractivity contribution in [3.05, 3.63) is 64.7 Å². The molecule has 2 aliphatic rings. The molecule has 0 saturated carbocycles. The first kappa shape index (κ1) is 47.6. The van der Waals surface area contributed by atoms with E-state index in [-0.39, 0.29) is 35.4 Å². The lowest BCUT2D eigenvalue weighted by Crippen LogP contribution is -2.46. The average molecular weight is 746 g/mol. The fraction of sp³-hybridized carbons (Fsp3) is 0.634. The van der Waals surface area contributed by atoms with E-state index in [1.807, 2.05) is 33.8 Å². The van der Waals surface area contributed by atoms with Gasteiger partial charge in [-0.15, -0.1) is 0 Å². The Morgan fingerprint density at radius 2 is 1.83 bits per heavy atom. The lowest BCUT2D eigenvalue weighted by molar-refractivity contribution is -0.216. The minimum Gasteiger partial charge on any atom is -0.392 e. The van der Waals surface area contributed by atoms with Crippen LogP contribution in [0.3, 0.4) is 0 Å². The van der Waals surface area contributed by atoms with Gasteiger partial charge in [0, 0.05) is 30.9 Å². The highest BCUT2D eigenvalue weighted by Gasteiger charge is 2.34. The van der Waals surface area contributed by atoms with Crippen molar-refractivity contribution in [1.29, 1.82) is 5.26 Å². The first-order valence-corrected chi connectivity index (χ1v) is 19.2. The number of nitriles is 1. The fourth-order valence-electron chi connectivity index (χ4n) is 5.71. The van der Waals surface area contributed by atoms with Gasteiger partial charge < -0.3 is 24.9 Å². The summed E-state index contributed by atoms with van der Waals surface area (Å²) in [6.07, 6.45) is 3.84. The van der Waals surface area contributed by atoms with Gasteiger partial charge in [0.25, 0.3) is 0 Å². The van der Waals surface area contributed by atoms with E-state index in [4.69, 9.17) is 30.6 Å². The Balaban J connectivity index is 0.000000481. The molecule has 3 aromatic rings. The summed E-state index contributed by atoms with van der Waals surface area (Å²) < 4.78 is 39.2. The van der Waals surface area contributed by atoms with Crippen LogP contribution in [0.5, 0.6) is 0 Å². The van der Waals surface area contributed by atoms with Crippen molar-refractivity contribution in [2.75, 3.05) is 26.3 Å². The number of piperidine rings is 1. The molecular formula is C41H65F2N5O5. The van der Waals surface area contributed by atoms with Crippen molar-refractivity contribution in [2.24, 2.45) is 17.6 Å². The number of hydrogen-bond acceptors (Lipinski definition) is 8.